The van der Waals surface area contributed by atoms with E-state index in [1.165, 1.54) is 0 Å². The first kappa shape index (κ1) is 18.6. The molecular weight excluding hydrogens is 366 g/mol. The first-order chi connectivity index (χ1) is 9.97. The molecule has 2 aromatic rings. The van der Waals surface area contributed by atoms with E-state index in [0.717, 1.165) is 22.1 Å². The lowest BCUT2D eigenvalue weighted by Gasteiger charge is -2.12. The summed E-state index contributed by atoms with van der Waals surface area (Å²) in [5.74, 6) is -0.0511. The van der Waals surface area contributed by atoms with Gasteiger partial charge in [0.05, 0.1) is 0 Å². The number of benzene rings is 1. The van der Waals surface area contributed by atoms with Gasteiger partial charge in [0.15, 0.2) is 0 Å². The van der Waals surface area contributed by atoms with Gasteiger partial charge in [0, 0.05) is 28.9 Å². The lowest BCUT2D eigenvalue weighted by molar-refractivity contribution is 0.0943. The summed E-state index contributed by atoms with van der Waals surface area (Å²) in [6, 6.07) is 9.80. The first-order valence-electron chi connectivity index (χ1n) is 6.97. The van der Waals surface area contributed by atoms with E-state index in [1.54, 1.807) is 0 Å². The van der Waals surface area contributed by atoms with Crippen molar-refractivity contribution in [3.63, 3.8) is 0 Å². The van der Waals surface area contributed by atoms with Crippen LogP contribution in [0.5, 0.6) is 0 Å². The fourth-order valence-electron chi connectivity index (χ4n) is 2.15. The van der Waals surface area contributed by atoms with Gasteiger partial charge in [0.2, 0.25) is 0 Å². The number of nitrogen functional groups attached to an aromatic ring is 1. The number of aromatic nitrogens is 1. The number of hydrogen-bond donors (Lipinski definition) is 2. The Morgan fingerprint density at radius 1 is 1.32 bits per heavy atom. The minimum absolute atomic E-state index is 0. The van der Waals surface area contributed by atoms with Gasteiger partial charge in [-0.2, -0.15) is 0 Å². The number of carbonyl (C=O) groups excluding carboxylic acids is 1. The molecule has 22 heavy (non-hydrogen) atoms. The van der Waals surface area contributed by atoms with Crippen LogP contribution in [0.4, 0.5) is 5.69 Å². The molecule has 0 aliphatic carbocycles. The van der Waals surface area contributed by atoms with Crippen molar-refractivity contribution in [1.29, 1.82) is 0 Å². The molecule has 120 valence electrons. The molecule has 1 aromatic heterocycles. The van der Waals surface area contributed by atoms with Crippen LogP contribution in [0.2, 0.25) is 0 Å². The molecule has 0 bridgehead atoms. The minimum Gasteiger partial charge on any atom is -0.399 e. The van der Waals surface area contributed by atoms with Gasteiger partial charge in [-0.3, -0.25) is 4.79 Å². The number of carbonyl (C=O) groups is 1. The number of nitrogens with zero attached hydrogens (tertiary/aromatic N) is 1. The Morgan fingerprint density at radius 3 is 2.55 bits per heavy atom. The quantitative estimate of drug-likeness (QED) is 0.768. The minimum atomic E-state index is -0.0511. The third kappa shape index (κ3) is 4.78. The zero-order valence-electron chi connectivity index (χ0n) is 12.7. The second-order valence-corrected chi connectivity index (χ2v) is 6.21. The average Bonchev–Trinajstić information content (AvgIpc) is 2.83. The highest BCUT2D eigenvalue weighted by Crippen LogP contribution is 2.19. The molecule has 0 aliphatic rings. The standard InChI is InChI=1S/C16H20BrN3O.ClH/c1-11(2)20-10-13(17)9-15(20)16(21)19-8-7-12-3-5-14(18)6-4-12;/h3-6,9-11H,7-8,18H2,1-2H3,(H,19,21);1H. The zero-order valence-corrected chi connectivity index (χ0v) is 15.1. The summed E-state index contributed by atoms with van der Waals surface area (Å²) in [6.07, 6.45) is 2.72. The number of nitrogens with one attached hydrogen (secondary N) is 1. The monoisotopic (exact) mass is 385 g/mol. The highest BCUT2D eigenvalue weighted by molar-refractivity contribution is 9.10. The Kier molecular flexibility index (Phi) is 6.97. The van der Waals surface area contributed by atoms with E-state index in [4.69, 9.17) is 5.73 Å². The van der Waals surface area contributed by atoms with Crippen molar-refractivity contribution < 1.29 is 4.79 Å². The van der Waals surface area contributed by atoms with Gasteiger partial charge >= 0.3 is 0 Å². The van der Waals surface area contributed by atoms with Crippen LogP contribution in [0, 0.1) is 0 Å². The smallest absolute Gasteiger partial charge is 0.267 e. The van der Waals surface area contributed by atoms with E-state index in [9.17, 15) is 4.79 Å². The summed E-state index contributed by atoms with van der Waals surface area (Å²) in [5.41, 5.74) is 8.23. The third-order valence-electron chi connectivity index (χ3n) is 3.28. The topological polar surface area (TPSA) is 60.0 Å². The number of halogens is 2. The molecule has 6 heteroatoms. The van der Waals surface area contributed by atoms with Gasteiger partial charge in [0.25, 0.3) is 5.91 Å². The number of anilines is 1. The maximum Gasteiger partial charge on any atom is 0.267 e. The maximum absolute atomic E-state index is 12.3. The summed E-state index contributed by atoms with van der Waals surface area (Å²) in [4.78, 5) is 12.3. The van der Waals surface area contributed by atoms with Crippen LogP contribution < -0.4 is 11.1 Å². The van der Waals surface area contributed by atoms with Crippen LogP contribution in [0.1, 0.15) is 35.9 Å². The molecule has 2 rings (SSSR count). The Bertz CT molecular complexity index is 623. The Hall–Kier alpha value is -1.46. The third-order valence-corrected chi connectivity index (χ3v) is 3.72. The molecule has 0 unspecified atom stereocenters. The van der Waals surface area contributed by atoms with E-state index in [2.05, 4.69) is 35.1 Å². The molecule has 0 aliphatic heterocycles. The fourth-order valence-corrected chi connectivity index (χ4v) is 2.59. The average molecular weight is 387 g/mol. The van der Waals surface area contributed by atoms with Crippen LogP contribution in [-0.4, -0.2) is 17.0 Å². The summed E-state index contributed by atoms with van der Waals surface area (Å²) in [6.45, 7) is 4.71. The highest BCUT2D eigenvalue weighted by atomic mass is 79.9. The maximum atomic E-state index is 12.3. The van der Waals surface area contributed by atoms with Crippen LogP contribution in [0.25, 0.3) is 0 Å². The summed E-state index contributed by atoms with van der Waals surface area (Å²) >= 11 is 3.42. The molecule has 3 N–H and O–H groups in total. The largest absolute Gasteiger partial charge is 0.399 e. The first-order valence-corrected chi connectivity index (χ1v) is 7.76. The number of nitrogens with two attached hydrogens (primary N) is 1. The van der Waals surface area contributed by atoms with Gasteiger partial charge in [0.1, 0.15) is 5.69 Å². The zero-order chi connectivity index (χ0) is 15.4. The van der Waals surface area contributed by atoms with Crippen molar-refractivity contribution in [3.8, 4) is 0 Å². The molecule has 0 fully saturated rings. The Labute approximate surface area is 145 Å². The highest BCUT2D eigenvalue weighted by Gasteiger charge is 2.14. The number of hydrogen-bond acceptors (Lipinski definition) is 2. The molecular formula is C16H21BrClN3O. The second-order valence-electron chi connectivity index (χ2n) is 5.29. The van der Waals surface area contributed by atoms with Gasteiger partial charge in [-0.05, 0) is 60.0 Å². The predicted molar refractivity (Wildman–Crippen MR) is 96.7 cm³/mol. The molecule has 1 aromatic carbocycles. The molecule has 0 atom stereocenters. The Balaban J connectivity index is 0.00000242. The predicted octanol–water partition coefficient (Wildman–Crippen LogP) is 3.81. The van der Waals surface area contributed by atoms with Gasteiger partial charge in [-0.15, -0.1) is 12.4 Å². The molecule has 1 amide bonds. The summed E-state index contributed by atoms with van der Waals surface area (Å²) in [7, 11) is 0. The molecule has 0 saturated heterocycles. The molecule has 0 saturated carbocycles. The molecule has 1 heterocycles. The van der Waals surface area contributed by atoms with Crippen molar-refractivity contribution >= 4 is 39.9 Å². The van der Waals surface area contributed by atoms with Crippen molar-refractivity contribution in [1.82, 2.24) is 9.88 Å². The number of rotatable bonds is 5. The van der Waals surface area contributed by atoms with Crippen molar-refractivity contribution in [3.05, 3.63) is 52.3 Å². The van der Waals surface area contributed by atoms with Crippen molar-refractivity contribution in [2.75, 3.05) is 12.3 Å². The Morgan fingerprint density at radius 2 is 1.95 bits per heavy atom. The number of amides is 1. The normalized spacial score (nSPS) is 10.4. The van der Waals surface area contributed by atoms with Crippen molar-refractivity contribution in [2.45, 2.75) is 26.3 Å². The van der Waals surface area contributed by atoms with Crippen LogP contribution in [0.15, 0.2) is 41.0 Å². The van der Waals surface area contributed by atoms with E-state index < -0.39 is 0 Å². The van der Waals surface area contributed by atoms with E-state index in [-0.39, 0.29) is 24.4 Å². The fraction of sp³-hybridized carbons (Fsp3) is 0.312. The lowest BCUT2D eigenvalue weighted by atomic mass is 10.1. The van der Waals surface area contributed by atoms with E-state index >= 15 is 0 Å². The summed E-state index contributed by atoms with van der Waals surface area (Å²) < 4.78 is 2.88. The molecule has 0 spiro atoms. The lowest BCUT2D eigenvalue weighted by Crippen LogP contribution is -2.28. The van der Waals surface area contributed by atoms with E-state index in [1.807, 2.05) is 41.1 Å². The van der Waals surface area contributed by atoms with Gasteiger partial charge in [-0.25, -0.2) is 0 Å². The molecule has 4 nitrogen and oxygen atoms in total. The SMILES string of the molecule is CC(C)n1cc(Br)cc1C(=O)NCCc1ccc(N)cc1.Cl. The van der Waals surface area contributed by atoms with Crippen LogP contribution in [0.3, 0.4) is 0 Å². The van der Waals surface area contributed by atoms with Crippen molar-refractivity contribution in [2.24, 2.45) is 0 Å². The van der Waals surface area contributed by atoms with Gasteiger partial charge in [-0.1, -0.05) is 12.1 Å². The molecule has 0 radical (unpaired) electrons. The van der Waals surface area contributed by atoms with E-state index in [0.29, 0.717) is 12.2 Å². The second kappa shape index (κ2) is 8.25. The van der Waals surface area contributed by atoms with Crippen LogP contribution >= 0.6 is 28.3 Å². The van der Waals surface area contributed by atoms with Crippen LogP contribution in [-0.2, 0) is 6.42 Å². The summed E-state index contributed by atoms with van der Waals surface area (Å²) in [5, 5.41) is 2.96. The van der Waals surface area contributed by atoms with Gasteiger partial charge < -0.3 is 15.6 Å².